The van der Waals surface area contributed by atoms with Gasteiger partial charge in [0.1, 0.15) is 0 Å². The van der Waals surface area contributed by atoms with E-state index in [1.165, 1.54) is 35.2 Å². The minimum absolute atomic E-state index is 0.0319. The molecule has 1 aromatic carbocycles. The van der Waals surface area contributed by atoms with Crippen LogP contribution < -0.4 is 5.32 Å². The Balaban J connectivity index is 1.61. The highest BCUT2D eigenvalue weighted by atomic mass is 35.5. The molecule has 1 fully saturated rings. The molecule has 1 aliphatic rings. The summed E-state index contributed by atoms with van der Waals surface area (Å²) in [6, 6.07) is 4.37. The summed E-state index contributed by atoms with van der Waals surface area (Å²) in [7, 11) is 0. The van der Waals surface area contributed by atoms with Crippen molar-refractivity contribution < 1.29 is 9.66 Å². The van der Waals surface area contributed by atoms with Gasteiger partial charge in [-0.15, -0.1) is 10.2 Å². The molecule has 1 saturated heterocycles. The SMILES string of the molecule is O=[N+]([O-])c1ccc(Sc2nnc(NC[C@H]3CCCO3)s2)c(Cl)c1. The van der Waals surface area contributed by atoms with E-state index in [9.17, 15) is 10.1 Å². The Morgan fingerprint density at radius 1 is 1.52 bits per heavy atom. The molecule has 0 bridgehead atoms. The van der Waals surface area contributed by atoms with Crippen molar-refractivity contribution in [1.82, 2.24) is 10.2 Å². The molecule has 1 atom stereocenters. The molecule has 0 radical (unpaired) electrons. The molecule has 1 N–H and O–H groups in total. The highest BCUT2D eigenvalue weighted by Gasteiger charge is 2.16. The minimum Gasteiger partial charge on any atom is -0.376 e. The predicted molar refractivity (Wildman–Crippen MR) is 89.6 cm³/mol. The zero-order valence-corrected chi connectivity index (χ0v) is 14.3. The lowest BCUT2D eigenvalue weighted by atomic mass is 10.2. The zero-order chi connectivity index (χ0) is 16.2. The number of rotatable bonds is 6. The molecule has 1 aliphatic heterocycles. The van der Waals surface area contributed by atoms with Crippen molar-refractivity contribution in [2.75, 3.05) is 18.5 Å². The maximum atomic E-state index is 10.7. The van der Waals surface area contributed by atoms with Crippen LogP contribution in [0.5, 0.6) is 0 Å². The molecule has 7 nitrogen and oxygen atoms in total. The molecule has 23 heavy (non-hydrogen) atoms. The third kappa shape index (κ3) is 4.31. The predicted octanol–water partition coefficient (Wildman–Crippen LogP) is 3.84. The first-order valence-corrected chi connectivity index (χ1v) is 8.93. The number of nitrogens with one attached hydrogen (secondary N) is 1. The molecule has 1 aromatic heterocycles. The van der Waals surface area contributed by atoms with Gasteiger partial charge in [-0.25, -0.2) is 0 Å². The van der Waals surface area contributed by atoms with Gasteiger partial charge in [-0.05, 0) is 18.9 Å². The molecule has 10 heteroatoms. The summed E-state index contributed by atoms with van der Waals surface area (Å²) >= 11 is 8.82. The maximum absolute atomic E-state index is 10.7. The number of non-ortho nitro benzene ring substituents is 1. The van der Waals surface area contributed by atoms with E-state index in [0.717, 1.165) is 35.5 Å². The molecular formula is C13H13ClN4O3S2. The van der Waals surface area contributed by atoms with Crippen LogP contribution in [-0.2, 0) is 4.74 Å². The third-order valence-corrected chi connectivity index (χ3v) is 5.67. The number of ether oxygens (including phenoxy) is 1. The molecular weight excluding hydrogens is 360 g/mol. The van der Waals surface area contributed by atoms with Gasteiger partial charge < -0.3 is 10.1 Å². The summed E-state index contributed by atoms with van der Waals surface area (Å²) in [5.41, 5.74) is -0.0319. The van der Waals surface area contributed by atoms with Gasteiger partial charge in [0.2, 0.25) is 5.13 Å². The van der Waals surface area contributed by atoms with Crippen molar-refractivity contribution in [3.8, 4) is 0 Å². The quantitative estimate of drug-likeness (QED) is 0.608. The number of benzene rings is 1. The fourth-order valence-electron chi connectivity index (χ4n) is 2.11. The average molecular weight is 373 g/mol. The van der Waals surface area contributed by atoms with Crippen LogP contribution in [0.1, 0.15) is 12.8 Å². The number of hydrogen-bond acceptors (Lipinski definition) is 8. The first-order chi connectivity index (χ1) is 11.1. The van der Waals surface area contributed by atoms with Crippen LogP contribution in [-0.4, -0.2) is 34.4 Å². The lowest BCUT2D eigenvalue weighted by Crippen LogP contribution is -2.18. The Morgan fingerprint density at radius 3 is 3.09 bits per heavy atom. The lowest BCUT2D eigenvalue weighted by molar-refractivity contribution is -0.384. The molecule has 2 heterocycles. The number of anilines is 1. The van der Waals surface area contributed by atoms with Crippen molar-refractivity contribution in [3.63, 3.8) is 0 Å². The first kappa shape index (κ1) is 16.4. The van der Waals surface area contributed by atoms with E-state index >= 15 is 0 Å². The fraction of sp³-hybridized carbons (Fsp3) is 0.385. The molecule has 122 valence electrons. The summed E-state index contributed by atoms with van der Waals surface area (Å²) in [6.45, 7) is 1.54. The van der Waals surface area contributed by atoms with Gasteiger partial charge >= 0.3 is 0 Å². The van der Waals surface area contributed by atoms with Crippen LogP contribution in [0, 0.1) is 10.1 Å². The number of nitro benzene ring substituents is 1. The van der Waals surface area contributed by atoms with Gasteiger partial charge in [0, 0.05) is 30.2 Å². The van der Waals surface area contributed by atoms with Gasteiger partial charge in [-0.2, -0.15) is 0 Å². The van der Waals surface area contributed by atoms with Gasteiger partial charge in [0.15, 0.2) is 4.34 Å². The van der Waals surface area contributed by atoms with Crippen molar-refractivity contribution >= 4 is 45.5 Å². The van der Waals surface area contributed by atoms with Crippen LogP contribution in [0.15, 0.2) is 27.4 Å². The van der Waals surface area contributed by atoms with E-state index in [2.05, 4.69) is 15.5 Å². The first-order valence-electron chi connectivity index (χ1n) is 6.92. The van der Waals surface area contributed by atoms with Crippen molar-refractivity contribution in [3.05, 3.63) is 33.3 Å². The van der Waals surface area contributed by atoms with Crippen LogP contribution >= 0.6 is 34.7 Å². The fourth-order valence-corrected chi connectivity index (χ4v) is 4.12. The average Bonchev–Trinajstić information content (AvgIpc) is 3.18. The van der Waals surface area contributed by atoms with Gasteiger partial charge in [0.25, 0.3) is 5.69 Å². The molecule has 0 saturated carbocycles. The molecule has 0 amide bonds. The summed E-state index contributed by atoms with van der Waals surface area (Å²) in [6.07, 6.45) is 2.40. The molecule has 0 unspecified atom stereocenters. The Hall–Kier alpha value is -1.42. The van der Waals surface area contributed by atoms with Crippen molar-refractivity contribution in [1.29, 1.82) is 0 Å². The van der Waals surface area contributed by atoms with E-state index in [1.54, 1.807) is 6.07 Å². The molecule has 0 aliphatic carbocycles. The Bertz CT molecular complexity index is 706. The summed E-state index contributed by atoms with van der Waals surface area (Å²) in [5, 5.41) is 23.1. The molecule has 0 spiro atoms. The number of halogens is 1. The van der Waals surface area contributed by atoms with E-state index in [-0.39, 0.29) is 11.8 Å². The van der Waals surface area contributed by atoms with Crippen LogP contribution in [0.4, 0.5) is 10.8 Å². The number of nitrogens with zero attached hydrogens (tertiary/aromatic N) is 3. The number of nitro groups is 1. The Kier molecular flexibility index (Phi) is 5.31. The second kappa shape index (κ2) is 7.43. The van der Waals surface area contributed by atoms with Crippen LogP contribution in [0.2, 0.25) is 5.02 Å². The standard InChI is InChI=1S/C13H13ClN4O3S2/c14-10-6-8(18(19)20)3-4-11(10)22-13-17-16-12(23-13)15-7-9-2-1-5-21-9/h3-4,6,9H,1-2,5,7H2,(H,15,16)/t9-/m1/s1. The van der Waals surface area contributed by atoms with Crippen molar-refractivity contribution in [2.24, 2.45) is 0 Å². The van der Waals surface area contributed by atoms with Gasteiger partial charge in [-0.3, -0.25) is 10.1 Å². The summed E-state index contributed by atoms with van der Waals surface area (Å²) in [4.78, 5) is 10.9. The summed E-state index contributed by atoms with van der Waals surface area (Å²) < 4.78 is 6.26. The topological polar surface area (TPSA) is 90.2 Å². The van der Waals surface area contributed by atoms with Gasteiger partial charge in [0.05, 0.1) is 16.0 Å². The monoisotopic (exact) mass is 372 g/mol. The third-order valence-electron chi connectivity index (χ3n) is 3.23. The minimum atomic E-state index is -0.474. The lowest BCUT2D eigenvalue weighted by Gasteiger charge is -2.08. The van der Waals surface area contributed by atoms with Gasteiger partial charge in [-0.1, -0.05) is 34.7 Å². The number of hydrogen-bond donors (Lipinski definition) is 1. The van der Waals surface area contributed by atoms with Crippen LogP contribution in [0.25, 0.3) is 0 Å². The van der Waals surface area contributed by atoms with Crippen LogP contribution in [0.3, 0.4) is 0 Å². The van der Waals surface area contributed by atoms with E-state index < -0.39 is 4.92 Å². The summed E-state index contributed by atoms with van der Waals surface area (Å²) in [5.74, 6) is 0. The Labute approximate surface area is 145 Å². The maximum Gasteiger partial charge on any atom is 0.270 e. The molecule has 2 aromatic rings. The van der Waals surface area contributed by atoms with Crippen molar-refractivity contribution in [2.45, 2.75) is 28.2 Å². The van der Waals surface area contributed by atoms with E-state index in [0.29, 0.717) is 9.92 Å². The normalized spacial score (nSPS) is 17.3. The van der Waals surface area contributed by atoms with E-state index in [1.807, 2.05) is 0 Å². The smallest absolute Gasteiger partial charge is 0.270 e. The Morgan fingerprint density at radius 2 is 2.39 bits per heavy atom. The number of aromatic nitrogens is 2. The second-order valence-corrected chi connectivity index (χ2v) is 7.54. The van der Waals surface area contributed by atoms with E-state index in [4.69, 9.17) is 16.3 Å². The highest BCUT2D eigenvalue weighted by Crippen LogP contribution is 2.37. The second-order valence-electron chi connectivity index (χ2n) is 4.86. The molecule has 3 rings (SSSR count). The highest BCUT2D eigenvalue weighted by molar-refractivity contribution is 8.01. The largest absolute Gasteiger partial charge is 0.376 e. The zero-order valence-electron chi connectivity index (χ0n) is 11.9.